The van der Waals surface area contributed by atoms with Crippen LogP contribution in [0.3, 0.4) is 0 Å². The van der Waals surface area contributed by atoms with Crippen LogP contribution in [0, 0.1) is 0 Å². The number of aliphatic imine (C=N–C) groups is 1. The Bertz CT molecular complexity index is 238. The minimum Gasteiger partial charge on any atom is -0.406 e. The Kier molecular flexibility index (Phi) is 0.836. The first-order valence-electron chi connectivity index (χ1n) is 3.21. The second kappa shape index (κ2) is 1.48. The number of carbonyl (C=O) groups excluding carboxylic acids is 1. The molecular weight excluding hydrogens is 130 g/mol. The molecule has 0 aromatic rings. The van der Waals surface area contributed by atoms with E-state index in [1.165, 1.54) is 6.08 Å². The van der Waals surface area contributed by atoms with Gasteiger partial charge in [-0.15, -0.1) is 0 Å². The maximum Gasteiger partial charge on any atom is 0.340 e. The number of hydrogen-bond acceptors (Lipinski definition) is 3. The highest BCUT2D eigenvalue weighted by molar-refractivity contribution is 6.05. The molecule has 1 aliphatic carbocycles. The summed E-state index contributed by atoms with van der Waals surface area (Å²) in [4.78, 5) is 15.0. The summed E-state index contributed by atoms with van der Waals surface area (Å²) in [6.07, 6.45) is 3.14. The first-order valence-corrected chi connectivity index (χ1v) is 3.21. The lowest BCUT2D eigenvalue weighted by Crippen LogP contribution is -2.15. The third kappa shape index (κ3) is 0.546. The van der Waals surface area contributed by atoms with E-state index in [4.69, 9.17) is 4.74 Å². The summed E-state index contributed by atoms with van der Waals surface area (Å²) < 4.78 is 4.78. The first-order chi connectivity index (χ1) is 4.77. The minimum atomic E-state index is -0.469. The molecule has 0 atom stereocenters. The maximum atomic E-state index is 10.9. The lowest BCUT2D eigenvalue weighted by Gasteiger charge is -1.92. The van der Waals surface area contributed by atoms with Crippen LogP contribution in [-0.2, 0) is 9.53 Å². The van der Waals surface area contributed by atoms with Gasteiger partial charge in [0, 0.05) is 0 Å². The van der Waals surface area contributed by atoms with Crippen LogP contribution < -0.4 is 0 Å². The minimum absolute atomic E-state index is 0.206. The Balaban J connectivity index is 2.31. The Morgan fingerprint density at radius 2 is 2.40 bits per heavy atom. The van der Waals surface area contributed by atoms with E-state index >= 15 is 0 Å². The van der Waals surface area contributed by atoms with E-state index in [2.05, 4.69) is 11.6 Å². The number of nitrogens with zero attached hydrogens (tertiary/aromatic N) is 1. The third-order valence-electron chi connectivity index (χ3n) is 1.80. The van der Waals surface area contributed by atoms with Crippen molar-refractivity contribution < 1.29 is 9.53 Å². The molecule has 0 saturated heterocycles. The largest absolute Gasteiger partial charge is 0.406 e. The van der Waals surface area contributed by atoms with Crippen molar-refractivity contribution in [3.05, 3.63) is 12.7 Å². The van der Waals surface area contributed by atoms with Gasteiger partial charge in [-0.1, -0.05) is 6.58 Å². The van der Waals surface area contributed by atoms with Gasteiger partial charge in [0.1, 0.15) is 0 Å². The van der Waals surface area contributed by atoms with E-state index in [0.29, 0.717) is 5.90 Å². The first kappa shape index (κ1) is 5.65. The fourth-order valence-electron chi connectivity index (χ4n) is 0.991. The van der Waals surface area contributed by atoms with Crippen molar-refractivity contribution in [2.24, 2.45) is 4.99 Å². The zero-order valence-corrected chi connectivity index (χ0v) is 5.46. The fraction of sp³-hybridized carbons (Fsp3) is 0.429. The molecule has 1 fully saturated rings. The van der Waals surface area contributed by atoms with Crippen molar-refractivity contribution >= 4 is 11.9 Å². The molecule has 3 heteroatoms. The van der Waals surface area contributed by atoms with Crippen LogP contribution in [0.4, 0.5) is 0 Å². The van der Waals surface area contributed by atoms with Crippen LogP contribution in [0.15, 0.2) is 17.6 Å². The van der Waals surface area contributed by atoms with Gasteiger partial charge < -0.3 is 4.74 Å². The molecule has 0 aromatic heterocycles. The van der Waals surface area contributed by atoms with Gasteiger partial charge in [-0.05, 0) is 18.9 Å². The number of cyclic esters (lactones) is 1. The molecule has 0 unspecified atom stereocenters. The molecule has 1 spiro atoms. The highest BCUT2D eigenvalue weighted by Gasteiger charge is 2.55. The molecule has 52 valence electrons. The van der Waals surface area contributed by atoms with Crippen LogP contribution in [0.25, 0.3) is 0 Å². The molecule has 1 heterocycles. The Hall–Kier alpha value is -1.12. The van der Waals surface area contributed by atoms with Crippen LogP contribution in [0.1, 0.15) is 12.8 Å². The summed E-state index contributed by atoms with van der Waals surface area (Å²) >= 11 is 0. The summed E-state index contributed by atoms with van der Waals surface area (Å²) in [5, 5.41) is 0. The number of ether oxygens (including phenoxy) is 1. The van der Waals surface area contributed by atoms with Crippen molar-refractivity contribution in [2.45, 2.75) is 18.4 Å². The third-order valence-corrected chi connectivity index (χ3v) is 1.80. The van der Waals surface area contributed by atoms with Gasteiger partial charge in [0.15, 0.2) is 5.54 Å². The second-order valence-corrected chi connectivity index (χ2v) is 2.58. The Morgan fingerprint density at radius 1 is 1.70 bits per heavy atom. The molecule has 0 bridgehead atoms. The Labute approximate surface area is 58.4 Å². The number of rotatable bonds is 1. The van der Waals surface area contributed by atoms with E-state index in [9.17, 15) is 4.79 Å². The summed E-state index contributed by atoms with van der Waals surface area (Å²) in [6.45, 7) is 3.46. The zero-order chi connectivity index (χ0) is 7.19. The van der Waals surface area contributed by atoms with Gasteiger partial charge in [0.05, 0.1) is 0 Å². The van der Waals surface area contributed by atoms with E-state index < -0.39 is 5.54 Å². The quantitative estimate of drug-likeness (QED) is 0.498. The van der Waals surface area contributed by atoms with Crippen molar-refractivity contribution in [1.82, 2.24) is 0 Å². The normalized spacial score (nSPS) is 26.0. The number of hydrogen-bond donors (Lipinski definition) is 0. The molecule has 3 nitrogen and oxygen atoms in total. The van der Waals surface area contributed by atoms with Gasteiger partial charge in [-0.2, -0.15) is 0 Å². The molecule has 0 radical (unpaired) electrons. The molecule has 2 aliphatic rings. The predicted octanol–water partition coefficient (Wildman–Crippen LogP) is 0.660. The monoisotopic (exact) mass is 137 g/mol. The topological polar surface area (TPSA) is 38.7 Å². The van der Waals surface area contributed by atoms with Crippen molar-refractivity contribution in [2.75, 3.05) is 0 Å². The number of esters is 1. The standard InChI is InChI=1S/C7H7NO2/c1-2-5-8-7(3-4-7)6(9)10-5/h2H,1,3-4H2. The Morgan fingerprint density at radius 3 is 2.70 bits per heavy atom. The van der Waals surface area contributed by atoms with Crippen molar-refractivity contribution in [3.63, 3.8) is 0 Å². The average molecular weight is 137 g/mol. The average Bonchev–Trinajstić information content (AvgIpc) is 2.60. The van der Waals surface area contributed by atoms with Crippen molar-refractivity contribution in [3.8, 4) is 0 Å². The SMILES string of the molecule is C=CC1=NC2(CC2)C(=O)O1. The van der Waals surface area contributed by atoms with Gasteiger partial charge in [0.25, 0.3) is 0 Å². The molecular formula is C7H7NO2. The summed E-state index contributed by atoms with van der Waals surface area (Å²) in [7, 11) is 0. The van der Waals surface area contributed by atoms with Crippen LogP contribution in [0.2, 0.25) is 0 Å². The number of carbonyl (C=O) groups is 1. The summed E-state index contributed by atoms with van der Waals surface area (Å²) in [5.74, 6) is 0.171. The van der Waals surface area contributed by atoms with Crippen LogP contribution >= 0.6 is 0 Å². The smallest absolute Gasteiger partial charge is 0.340 e. The predicted molar refractivity (Wildman–Crippen MR) is 35.7 cm³/mol. The van der Waals surface area contributed by atoms with Crippen molar-refractivity contribution in [1.29, 1.82) is 0 Å². The molecule has 1 saturated carbocycles. The molecule has 0 N–H and O–H groups in total. The zero-order valence-electron chi connectivity index (χ0n) is 5.46. The molecule has 1 aliphatic heterocycles. The van der Waals surface area contributed by atoms with Gasteiger partial charge >= 0.3 is 5.97 Å². The summed E-state index contributed by atoms with van der Waals surface area (Å²) in [6, 6.07) is 0. The summed E-state index contributed by atoms with van der Waals surface area (Å²) in [5.41, 5.74) is -0.469. The molecule has 0 amide bonds. The molecule has 2 rings (SSSR count). The van der Waals surface area contributed by atoms with E-state index in [1.807, 2.05) is 0 Å². The lowest BCUT2D eigenvalue weighted by atomic mass is 10.3. The highest BCUT2D eigenvalue weighted by Crippen LogP contribution is 2.44. The molecule has 0 aromatic carbocycles. The molecule has 10 heavy (non-hydrogen) atoms. The van der Waals surface area contributed by atoms with Gasteiger partial charge in [-0.25, -0.2) is 9.79 Å². The fourth-order valence-corrected chi connectivity index (χ4v) is 0.991. The maximum absolute atomic E-state index is 10.9. The van der Waals surface area contributed by atoms with E-state index in [1.54, 1.807) is 0 Å². The van der Waals surface area contributed by atoms with Crippen LogP contribution in [-0.4, -0.2) is 17.4 Å². The highest BCUT2D eigenvalue weighted by atomic mass is 16.6. The van der Waals surface area contributed by atoms with Gasteiger partial charge in [0.2, 0.25) is 5.90 Å². The van der Waals surface area contributed by atoms with E-state index in [-0.39, 0.29) is 5.97 Å². The van der Waals surface area contributed by atoms with Gasteiger partial charge in [-0.3, -0.25) is 0 Å². The van der Waals surface area contributed by atoms with E-state index in [0.717, 1.165) is 12.8 Å². The van der Waals surface area contributed by atoms with Crippen LogP contribution in [0.5, 0.6) is 0 Å². The second-order valence-electron chi connectivity index (χ2n) is 2.58. The lowest BCUT2D eigenvalue weighted by molar-refractivity contribution is -0.135.